The van der Waals surface area contributed by atoms with Gasteiger partial charge in [0.15, 0.2) is 5.16 Å². The molecule has 1 aliphatic carbocycles. The quantitative estimate of drug-likeness (QED) is 0.681. The molecule has 0 radical (unpaired) electrons. The van der Waals surface area contributed by atoms with Crippen LogP contribution >= 0.6 is 11.8 Å². The average molecular weight is 306 g/mol. The second-order valence-electron chi connectivity index (χ2n) is 5.92. The van der Waals surface area contributed by atoms with Gasteiger partial charge in [0, 0.05) is 30.9 Å². The van der Waals surface area contributed by atoms with Gasteiger partial charge in [-0.05, 0) is 38.9 Å². The Bertz CT molecular complexity index is 532. The molecule has 21 heavy (non-hydrogen) atoms. The van der Waals surface area contributed by atoms with Crippen molar-refractivity contribution in [3.63, 3.8) is 0 Å². The van der Waals surface area contributed by atoms with Gasteiger partial charge >= 0.3 is 0 Å². The van der Waals surface area contributed by atoms with Gasteiger partial charge in [0.25, 0.3) is 0 Å². The number of aryl methyl sites for hydroxylation is 1. The van der Waals surface area contributed by atoms with Crippen molar-refractivity contribution in [3.8, 4) is 0 Å². The van der Waals surface area contributed by atoms with Crippen molar-refractivity contribution in [3.05, 3.63) is 11.8 Å². The van der Waals surface area contributed by atoms with Gasteiger partial charge in [-0.2, -0.15) is 0 Å². The van der Waals surface area contributed by atoms with Gasteiger partial charge < -0.3 is 10.2 Å². The van der Waals surface area contributed by atoms with E-state index in [-0.39, 0.29) is 11.8 Å². The normalized spacial score (nSPS) is 22.2. The zero-order chi connectivity index (χ0) is 14.8. The molecule has 114 valence electrons. The monoisotopic (exact) mass is 306 g/mol. The topological polar surface area (TPSA) is 58.1 Å². The minimum Gasteiger partial charge on any atom is -0.356 e. The number of piperidine rings is 1. The van der Waals surface area contributed by atoms with Crippen molar-refractivity contribution < 1.29 is 4.79 Å². The molecule has 2 fully saturated rings. The van der Waals surface area contributed by atoms with E-state index in [0.29, 0.717) is 6.04 Å². The van der Waals surface area contributed by atoms with Crippen molar-refractivity contribution in [2.45, 2.75) is 43.8 Å². The van der Waals surface area contributed by atoms with E-state index in [1.54, 1.807) is 11.8 Å². The number of aromatic nitrogens is 2. The first-order valence-electron chi connectivity index (χ1n) is 7.60. The molecule has 0 aromatic carbocycles. The summed E-state index contributed by atoms with van der Waals surface area (Å²) in [7, 11) is 0. The number of rotatable bonds is 4. The second kappa shape index (κ2) is 6.22. The van der Waals surface area contributed by atoms with Crippen molar-refractivity contribution in [2.24, 2.45) is 5.92 Å². The molecule has 6 heteroatoms. The molecule has 0 bridgehead atoms. The molecule has 0 spiro atoms. The van der Waals surface area contributed by atoms with Gasteiger partial charge in [0.05, 0.1) is 5.92 Å². The first kappa shape index (κ1) is 14.6. The van der Waals surface area contributed by atoms with Crippen LogP contribution < -0.4 is 10.2 Å². The summed E-state index contributed by atoms with van der Waals surface area (Å²) in [4.78, 5) is 23.5. The highest BCUT2D eigenvalue weighted by Gasteiger charge is 2.31. The molecule has 1 aromatic heterocycles. The van der Waals surface area contributed by atoms with Crippen LogP contribution in [-0.4, -0.2) is 41.3 Å². The summed E-state index contributed by atoms with van der Waals surface area (Å²) in [5, 5.41) is 3.93. The molecular formula is C15H22N4OS. The van der Waals surface area contributed by atoms with E-state index >= 15 is 0 Å². The summed E-state index contributed by atoms with van der Waals surface area (Å²) >= 11 is 1.56. The van der Waals surface area contributed by atoms with Crippen LogP contribution in [0.3, 0.4) is 0 Å². The van der Waals surface area contributed by atoms with E-state index in [0.717, 1.165) is 55.4 Å². The number of carbonyl (C=O) groups is 1. The van der Waals surface area contributed by atoms with E-state index in [2.05, 4.69) is 20.2 Å². The molecule has 1 aliphatic heterocycles. The summed E-state index contributed by atoms with van der Waals surface area (Å²) < 4.78 is 0. The lowest BCUT2D eigenvalue weighted by atomic mass is 9.97. The molecule has 3 rings (SSSR count). The minimum absolute atomic E-state index is 0.0901. The van der Waals surface area contributed by atoms with E-state index < -0.39 is 0 Å². The van der Waals surface area contributed by atoms with Crippen LogP contribution in [0.15, 0.2) is 11.2 Å². The lowest BCUT2D eigenvalue weighted by Gasteiger charge is -2.33. The van der Waals surface area contributed by atoms with Crippen LogP contribution in [0.2, 0.25) is 0 Å². The lowest BCUT2D eigenvalue weighted by molar-refractivity contribution is -0.125. The zero-order valence-electron chi connectivity index (χ0n) is 12.6. The zero-order valence-corrected chi connectivity index (χ0v) is 13.4. The second-order valence-corrected chi connectivity index (χ2v) is 6.70. The van der Waals surface area contributed by atoms with Crippen molar-refractivity contribution in [2.75, 3.05) is 24.2 Å². The van der Waals surface area contributed by atoms with Gasteiger partial charge in [-0.15, -0.1) is 0 Å². The maximum absolute atomic E-state index is 12.2. The molecule has 1 aromatic rings. The molecule has 1 N–H and O–H groups in total. The Kier molecular flexibility index (Phi) is 4.33. The summed E-state index contributed by atoms with van der Waals surface area (Å²) in [6, 6.07) is 2.46. The Morgan fingerprint density at radius 2 is 2.19 bits per heavy atom. The van der Waals surface area contributed by atoms with E-state index in [9.17, 15) is 4.79 Å². The molecule has 1 unspecified atom stereocenters. The Hall–Kier alpha value is -1.30. The number of thioether (sulfide) groups is 1. The van der Waals surface area contributed by atoms with Gasteiger partial charge in [-0.25, -0.2) is 9.97 Å². The van der Waals surface area contributed by atoms with Crippen molar-refractivity contribution in [1.29, 1.82) is 0 Å². The molecule has 2 heterocycles. The Balaban J connectivity index is 1.70. The third-order valence-corrected chi connectivity index (χ3v) is 4.59. The van der Waals surface area contributed by atoms with Crippen LogP contribution in [0.5, 0.6) is 0 Å². The number of nitrogens with one attached hydrogen (secondary N) is 1. The predicted molar refractivity (Wildman–Crippen MR) is 84.7 cm³/mol. The molecular weight excluding hydrogens is 284 g/mol. The van der Waals surface area contributed by atoms with Crippen molar-refractivity contribution in [1.82, 2.24) is 15.3 Å². The van der Waals surface area contributed by atoms with Gasteiger partial charge in [-0.3, -0.25) is 4.79 Å². The van der Waals surface area contributed by atoms with Crippen LogP contribution in [-0.2, 0) is 4.79 Å². The molecule has 1 saturated heterocycles. The fourth-order valence-corrected chi connectivity index (χ4v) is 3.14. The highest BCUT2D eigenvalue weighted by Crippen LogP contribution is 2.25. The van der Waals surface area contributed by atoms with Gasteiger partial charge in [0.1, 0.15) is 5.82 Å². The average Bonchev–Trinajstić information content (AvgIpc) is 3.30. The Morgan fingerprint density at radius 1 is 1.38 bits per heavy atom. The number of anilines is 1. The van der Waals surface area contributed by atoms with Crippen LogP contribution in [0.1, 0.15) is 31.4 Å². The number of hydrogen-bond acceptors (Lipinski definition) is 5. The fourth-order valence-electron chi connectivity index (χ4n) is 2.72. The third kappa shape index (κ3) is 3.67. The van der Waals surface area contributed by atoms with E-state index in [1.807, 2.05) is 19.2 Å². The number of carbonyl (C=O) groups excluding carboxylic acids is 1. The lowest BCUT2D eigenvalue weighted by Crippen LogP contribution is -2.44. The van der Waals surface area contributed by atoms with Gasteiger partial charge in [-0.1, -0.05) is 11.8 Å². The molecule has 1 saturated carbocycles. The van der Waals surface area contributed by atoms with E-state index in [1.165, 1.54) is 0 Å². The van der Waals surface area contributed by atoms with Gasteiger partial charge in [0.2, 0.25) is 5.91 Å². The maximum atomic E-state index is 12.2. The molecule has 5 nitrogen and oxygen atoms in total. The smallest absolute Gasteiger partial charge is 0.225 e. The summed E-state index contributed by atoms with van der Waals surface area (Å²) in [5.74, 6) is 1.26. The minimum atomic E-state index is 0.0901. The summed E-state index contributed by atoms with van der Waals surface area (Å²) in [6.45, 7) is 3.73. The largest absolute Gasteiger partial charge is 0.356 e. The third-order valence-electron chi connectivity index (χ3n) is 4.04. The Labute approximate surface area is 129 Å². The molecule has 2 aliphatic rings. The van der Waals surface area contributed by atoms with Crippen LogP contribution in [0.25, 0.3) is 0 Å². The molecule has 1 atom stereocenters. The van der Waals surface area contributed by atoms with Crippen molar-refractivity contribution >= 4 is 23.5 Å². The molecule has 1 amide bonds. The number of nitrogens with zero attached hydrogens (tertiary/aromatic N) is 3. The SMILES string of the molecule is CSc1nc(C)cc(N2CCCC(C(=O)NC3CC3)C2)n1. The summed E-state index contributed by atoms with van der Waals surface area (Å²) in [6.07, 6.45) is 6.30. The highest BCUT2D eigenvalue weighted by molar-refractivity contribution is 7.98. The van der Waals surface area contributed by atoms with E-state index in [4.69, 9.17) is 0 Å². The first-order chi connectivity index (χ1) is 10.2. The van der Waals surface area contributed by atoms with Crippen LogP contribution in [0.4, 0.5) is 5.82 Å². The standard InChI is InChI=1S/C15H22N4OS/c1-10-8-13(18-15(16-10)21-2)19-7-3-4-11(9-19)14(20)17-12-5-6-12/h8,11-12H,3-7,9H2,1-2H3,(H,17,20). The Morgan fingerprint density at radius 3 is 2.90 bits per heavy atom. The maximum Gasteiger partial charge on any atom is 0.225 e. The highest BCUT2D eigenvalue weighted by atomic mass is 32.2. The number of hydrogen-bond donors (Lipinski definition) is 1. The predicted octanol–water partition coefficient (Wildman–Crippen LogP) is 2.00. The number of amides is 1. The summed E-state index contributed by atoms with van der Waals surface area (Å²) in [5.41, 5.74) is 0.980. The fraction of sp³-hybridized carbons (Fsp3) is 0.667. The van der Waals surface area contributed by atoms with Crippen LogP contribution in [0, 0.1) is 12.8 Å². The first-order valence-corrected chi connectivity index (χ1v) is 8.83.